The van der Waals surface area contributed by atoms with Gasteiger partial charge in [0.15, 0.2) is 0 Å². The summed E-state index contributed by atoms with van der Waals surface area (Å²) < 4.78 is 31.3. The highest BCUT2D eigenvalue weighted by Crippen LogP contribution is 2.33. The molecule has 0 bridgehead atoms. The standard InChI is InChI=1S/C21H25Cl2N3O5S/c1-14(21(28)24-2)25(12-15-5-7-16(22)8-6-15)20(27)13-26(32(4,29)30)18-11-17(23)9-10-19(18)31-3/h5-11,14H,12-13H2,1-4H3,(H,24,28)/t14-/m0/s1. The molecule has 0 fully saturated rings. The Morgan fingerprint density at radius 3 is 2.22 bits per heavy atom. The first-order chi connectivity index (χ1) is 15.0. The Morgan fingerprint density at radius 1 is 1.09 bits per heavy atom. The minimum atomic E-state index is -3.90. The zero-order valence-electron chi connectivity index (χ0n) is 18.1. The van der Waals surface area contributed by atoms with Gasteiger partial charge in [0.05, 0.1) is 19.1 Å². The zero-order chi connectivity index (χ0) is 24.1. The number of sulfonamides is 1. The van der Waals surface area contributed by atoms with Crippen molar-refractivity contribution >= 4 is 50.7 Å². The molecular formula is C21H25Cl2N3O5S. The third-order valence-corrected chi connectivity index (χ3v) is 6.38. The molecule has 0 spiro atoms. The summed E-state index contributed by atoms with van der Waals surface area (Å²) in [7, 11) is -1.05. The Balaban J connectivity index is 2.44. The van der Waals surface area contributed by atoms with Crippen LogP contribution in [0.1, 0.15) is 12.5 Å². The van der Waals surface area contributed by atoms with Crippen molar-refractivity contribution in [3.05, 3.63) is 58.1 Å². The summed E-state index contributed by atoms with van der Waals surface area (Å²) in [5.41, 5.74) is 0.847. The molecule has 0 unspecified atom stereocenters. The number of methoxy groups -OCH3 is 1. The highest BCUT2D eigenvalue weighted by molar-refractivity contribution is 7.92. The summed E-state index contributed by atoms with van der Waals surface area (Å²) in [5, 5.41) is 3.32. The second kappa shape index (κ2) is 10.9. The lowest BCUT2D eigenvalue weighted by atomic mass is 10.1. The number of ether oxygens (including phenoxy) is 1. The van der Waals surface area contributed by atoms with Gasteiger partial charge in [0.25, 0.3) is 0 Å². The summed E-state index contributed by atoms with van der Waals surface area (Å²) in [5.74, 6) is -0.738. The molecule has 0 aliphatic carbocycles. The summed E-state index contributed by atoms with van der Waals surface area (Å²) in [6.45, 7) is 1.09. The number of carbonyl (C=O) groups is 2. The number of amides is 2. The Kier molecular flexibility index (Phi) is 8.77. The van der Waals surface area contributed by atoms with Crippen LogP contribution < -0.4 is 14.4 Å². The Labute approximate surface area is 198 Å². The molecule has 1 atom stereocenters. The van der Waals surface area contributed by atoms with Crippen molar-refractivity contribution in [2.45, 2.75) is 19.5 Å². The number of likely N-dealkylation sites (N-methyl/N-ethyl adjacent to an activating group) is 1. The van der Waals surface area contributed by atoms with E-state index in [1.807, 2.05) is 0 Å². The van der Waals surface area contributed by atoms with Gasteiger partial charge in [-0.2, -0.15) is 0 Å². The Bertz CT molecular complexity index is 1080. The highest BCUT2D eigenvalue weighted by atomic mass is 35.5. The molecule has 0 aromatic heterocycles. The molecule has 8 nitrogen and oxygen atoms in total. The van der Waals surface area contributed by atoms with Crippen LogP contribution in [0.4, 0.5) is 5.69 Å². The maximum absolute atomic E-state index is 13.3. The van der Waals surface area contributed by atoms with E-state index in [1.165, 1.54) is 31.2 Å². The van der Waals surface area contributed by atoms with Crippen LogP contribution in [0.2, 0.25) is 10.0 Å². The minimum Gasteiger partial charge on any atom is -0.495 e. The van der Waals surface area contributed by atoms with E-state index >= 15 is 0 Å². The smallest absolute Gasteiger partial charge is 0.244 e. The molecule has 174 valence electrons. The molecule has 0 radical (unpaired) electrons. The predicted octanol–water partition coefficient (Wildman–Crippen LogP) is 2.93. The summed E-state index contributed by atoms with van der Waals surface area (Å²) in [6, 6.07) is 10.4. The molecule has 0 saturated heterocycles. The lowest BCUT2D eigenvalue weighted by Gasteiger charge is -2.31. The van der Waals surface area contributed by atoms with Crippen molar-refractivity contribution < 1.29 is 22.7 Å². The number of halogens is 2. The predicted molar refractivity (Wildman–Crippen MR) is 126 cm³/mol. The monoisotopic (exact) mass is 501 g/mol. The molecule has 2 aromatic carbocycles. The van der Waals surface area contributed by atoms with Crippen LogP contribution in [-0.2, 0) is 26.2 Å². The van der Waals surface area contributed by atoms with Crippen LogP contribution in [0.5, 0.6) is 5.75 Å². The fourth-order valence-electron chi connectivity index (χ4n) is 3.03. The molecule has 11 heteroatoms. The van der Waals surface area contributed by atoms with Gasteiger partial charge in [-0.05, 0) is 42.8 Å². The summed E-state index contributed by atoms with van der Waals surface area (Å²) >= 11 is 12.0. The van der Waals surface area contributed by atoms with Crippen molar-refractivity contribution in [1.82, 2.24) is 10.2 Å². The lowest BCUT2D eigenvalue weighted by Crippen LogP contribution is -2.50. The molecular weight excluding hydrogens is 477 g/mol. The number of nitrogens with one attached hydrogen (secondary N) is 1. The average molecular weight is 502 g/mol. The molecule has 2 amide bonds. The van der Waals surface area contributed by atoms with E-state index < -0.39 is 34.4 Å². The fourth-order valence-corrected chi connectivity index (χ4v) is 4.17. The van der Waals surface area contributed by atoms with Gasteiger partial charge in [-0.3, -0.25) is 13.9 Å². The first-order valence-corrected chi connectivity index (χ1v) is 12.1. The Morgan fingerprint density at radius 2 is 1.69 bits per heavy atom. The summed E-state index contributed by atoms with van der Waals surface area (Å²) in [4.78, 5) is 26.9. The maximum atomic E-state index is 13.3. The van der Waals surface area contributed by atoms with E-state index in [4.69, 9.17) is 27.9 Å². The zero-order valence-corrected chi connectivity index (χ0v) is 20.5. The van der Waals surface area contributed by atoms with Gasteiger partial charge in [0, 0.05) is 23.6 Å². The lowest BCUT2D eigenvalue weighted by molar-refractivity contribution is -0.139. The minimum absolute atomic E-state index is 0.0782. The van der Waals surface area contributed by atoms with Gasteiger partial charge in [-0.1, -0.05) is 35.3 Å². The maximum Gasteiger partial charge on any atom is 0.244 e. The van der Waals surface area contributed by atoms with E-state index in [1.54, 1.807) is 37.3 Å². The van der Waals surface area contributed by atoms with Crippen LogP contribution in [0, 0.1) is 0 Å². The molecule has 0 heterocycles. The first kappa shape index (κ1) is 25.8. The van der Waals surface area contributed by atoms with Crippen molar-refractivity contribution in [2.24, 2.45) is 0 Å². The first-order valence-electron chi connectivity index (χ1n) is 9.54. The van der Waals surface area contributed by atoms with Crippen molar-refractivity contribution in [3.63, 3.8) is 0 Å². The van der Waals surface area contributed by atoms with Gasteiger partial charge in [-0.25, -0.2) is 8.42 Å². The molecule has 0 saturated carbocycles. The van der Waals surface area contributed by atoms with Crippen molar-refractivity contribution in [3.8, 4) is 5.75 Å². The van der Waals surface area contributed by atoms with E-state index in [-0.39, 0.29) is 23.0 Å². The van der Waals surface area contributed by atoms with E-state index in [0.717, 1.165) is 16.1 Å². The number of nitrogens with zero attached hydrogens (tertiary/aromatic N) is 2. The van der Waals surface area contributed by atoms with Crippen molar-refractivity contribution in [2.75, 3.05) is 31.3 Å². The second-order valence-electron chi connectivity index (χ2n) is 7.02. The van der Waals surface area contributed by atoms with Gasteiger partial charge >= 0.3 is 0 Å². The molecule has 0 aliphatic heterocycles. The molecule has 2 rings (SSSR count). The quantitative estimate of drug-likeness (QED) is 0.569. The summed E-state index contributed by atoms with van der Waals surface area (Å²) in [6.07, 6.45) is 0.979. The van der Waals surface area contributed by atoms with E-state index in [2.05, 4.69) is 5.32 Å². The number of rotatable bonds is 9. The third kappa shape index (κ3) is 6.51. The number of hydrogen-bond acceptors (Lipinski definition) is 5. The number of carbonyl (C=O) groups excluding carboxylic acids is 2. The van der Waals surface area contributed by atoms with E-state index in [9.17, 15) is 18.0 Å². The molecule has 1 N–H and O–H groups in total. The fraction of sp³-hybridized carbons (Fsp3) is 0.333. The average Bonchev–Trinajstić information content (AvgIpc) is 2.75. The number of benzene rings is 2. The largest absolute Gasteiger partial charge is 0.495 e. The number of hydrogen-bond donors (Lipinski definition) is 1. The third-order valence-electron chi connectivity index (χ3n) is 4.77. The van der Waals surface area contributed by atoms with Gasteiger partial charge in [-0.15, -0.1) is 0 Å². The van der Waals surface area contributed by atoms with Crippen LogP contribution in [0.25, 0.3) is 0 Å². The Hall–Kier alpha value is -2.49. The normalized spacial score (nSPS) is 12.1. The van der Waals surface area contributed by atoms with Crippen molar-refractivity contribution in [1.29, 1.82) is 0 Å². The van der Waals surface area contributed by atoms with Crippen LogP contribution >= 0.6 is 23.2 Å². The highest BCUT2D eigenvalue weighted by Gasteiger charge is 2.31. The van der Waals surface area contributed by atoms with Crippen LogP contribution in [0.3, 0.4) is 0 Å². The topological polar surface area (TPSA) is 96.0 Å². The molecule has 0 aliphatic rings. The molecule has 2 aromatic rings. The van der Waals surface area contributed by atoms with Gasteiger partial charge in [0.2, 0.25) is 21.8 Å². The molecule has 32 heavy (non-hydrogen) atoms. The number of anilines is 1. The van der Waals surface area contributed by atoms with Gasteiger partial charge < -0.3 is 15.0 Å². The van der Waals surface area contributed by atoms with Gasteiger partial charge in [0.1, 0.15) is 18.3 Å². The SMILES string of the molecule is CNC(=O)[C@H](C)N(Cc1ccc(Cl)cc1)C(=O)CN(c1cc(Cl)ccc1OC)S(C)(=O)=O. The van der Waals surface area contributed by atoms with E-state index in [0.29, 0.717) is 5.02 Å². The second-order valence-corrected chi connectivity index (χ2v) is 9.80. The van der Waals surface area contributed by atoms with Crippen LogP contribution in [-0.4, -0.2) is 58.1 Å². The van der Waals surface area contributed by atoms with Crippen LogP contribution in [0.15, 0.2) is 42.5 Å².